The third kappa shape index (κ3) is 3.83. The molecule has 0 radical (unpaired) electrons. The van der Waals surface area contributed by atoms with E-state index in [2.05, 4.69) is 59.6 Å². The molecule has 3 aromatic rings. The molecule has 2 aliphatic rings. The molecule has 2 aromatic carbocycles. The van der Waals surface area contributed by atoms with Gasteiger partial charge in [-0.15, -0.1) is 0 Å². The Hall–Kier alpha value is -2.40. The number of thiazole rings is 1. The third-order valence-electron chi connectivity index (χ3n) is 6.60. The van der Waals surface area contributed by atoms with Crippen molar-refractivity contribution in [3.8, 4) is 0 Å². The summed E-state index contributed by atoms with van der Waals surface area (Å²) in [5.74, 6) is 0.238. The Labute approximate surface area is 182 Å². The van der Waals surface area contributed by atoms with Gasteiger partial charge in [-0.1, -0.05) is 48.6 Å². The molecule has 2 heterocycles. The Morgan fingerprint density at radius 1 is 1.20 bits per heavy atom. The monoisotopic (exact) mass is 419 g/mol. The number of nitrogens with one attached hydrogen (secondary N) is 1. The maximum absolute atomic E-state index is 13.2. The molecule has 2 atom stereocenters. The van der Waals surface area contributed by atoms with E-state index in [1.807, 2.05) is 0 Å². The average molecular weight is 420 g/mol. The Morgan fingerprint density at radius 3 is 3.00 bits per heavy atom. The van der Waals surface area contributed by atoms with Crippen LogP contribution in [0.4, 0.5) is 5.13 Å². The van der Waals surface area contributed by atoms with Gasteiger partial charge in [-0.25, -0.2) is 4.98 Å². The highest BCUT2D eigenvalue weighted by atomic mass is 32.1. The summed E-state index contributed by atoms with van der Waals surface area (Å²) in [5, 5.41) is 4.43. The molecular weight excluding hydrogens is 390 g/mol. The van der Waals surface area contributed by atoms with Gasteiger partial charge < -0.3 is 10.2 Å². The first kappa shape index (κ1) is 19.6. The van der Waals surface area contributed by atoms with Crippen molar-refractivity contribution in [3.63, 3.8) is 0 Å². The van der Waals surface area contributed by atoms with Gasteiger partial charge in [0.05, 0.1) is 22.2 Å². The number of fused-ring (bicyclic) bond motifs is 2. The van der Waals surface area contributed by atoms with Crippen LogP contribution in [0.5, 0.6) is 0 Å². The highest BCUT2D eigenvalue weighted by molar-refractivity contribution is 7.22. The molecule has 1 aromatic heterocycles. The van der Waals surface area contributed by atoms with Crippen LogP contribution in [0.15, 0.2) is 42.5 Å². The van der Waals surface area contributed by atoms with E-state index in [1.165, 1.54) is 21.4 Å². The van der Waals surface area contributed by atoms with E-state index in [4.69, 9.17) is 4.98 Å². The highest BCUT2D eigenvalue weighted by Gasteiger charge is 2.30. The second-order valence-electron chi connectivity index (χ2n) is 8.59. The molecule has 30 heavy (non-hydrogen) atoms. The van der Waals surface area contributed by atoms with E-state index in [1.54, 1.807) is 11.3 Å². The first-order chi connectivity index (χ1) is 14.7. The average Bonchev–Trinajstić information content (AvgIpc) is 3.23. The fraction of sp³-hybridized carbons (Fsp3) is 0.440. The summed E-state index contributed by atoms with van der Waals surface area (Å²) >= 11 is 1.76. The maximum Gasteiger partial charge on any atom is 0.225 e. The SMILES string of the molecule is CCc1ccc2nc(N3CCC[C@@H](C(=O)N[C@@H]4CCCc5ccccc54)C3)sc2c1. The van der Waals surface area contributed by atoms with Crippen LogP contribution in [-0.4, -0.2) is 24.0 Å². The van der Waals surface area contributed by atoms with Crippen molar-refractivity contribution in [1.82, 2.24) is 10.3 Å². The number of amides is 1. The van der Waals surface area contributed by atoms with Gasteiger partial charge >= 0.3 is 0 Å². The number of carbonyl (C=O) groups is 1. The van der Waals surface area contributed by atoms with Gasteiger partial charge in [0.15, 0.2) is 5.13 Å². The molecule has 4 nitrogen and oxygen atoms in total. The molecule has 1 fully saturated rings. The Balaban J connectivity index is 1.29. The van der Waals surface area contributed by atoms with Crippen LogP contribution < -0.4 is 10.2 Å². The van der Waals surface area contributed by atoms with Crippen molar-refractivity contribution in [2.24, 2.45) is 5.92 Å². The van der Waals surface area contributed by atoms with E-state index in [9.17, 15) is 4.79 Å². The van der Waals surface area contributed by atoms with Crippen LogP contribution in [0.2, 0.25) is 0 Å². The summed E-state index contributed by atoms with van der Waals surface area (Å²) in [6.45, 7) is 3.93. The van der Waals surface area contributed by atoms with Gasteiger partial charge in [0.1, 0.15) is 0 Å². The lowest BCUT2D eigenvalue weighted by Crippen LogP contribution is -2.44. The van der Waals surface area contributed by atoms with Crippen LogP contribution in [-0.2, 0) is 17.6 Å². The zero-order valence-corrected chi connectivity index (χ0v) is 18.4. The van der Waals surface area contributed by atoms with Gasteiger partial charge in [0.2, 0.25) is 5.91 Å². The Kier molecular flexibility index (Phi) is 5.47. The molecule has 1 aliphatic heterocycles. The number of rotatable bonds is 4. The van der Waals surface area contributed by atoms with Crippen LogP contribution in [0.25, 0.3) is 10.2 Å². The highest BCUT2D eigenvalue weighted by Crippen LogP contribution is 2.33. The molecule has 5 heteroatoms. The zero-order chi connectivity index (χ0) is 20.5. The molecule has 5 rings (SSSR count). The quantitative estimate of drug-likeness (QED) is 0.627. The number of nitrogens with zero attached hydrogens (tertiary/aromatic N) is 2. The van der Waals surface area contributed by atoms with Gasteiger partial charge in [-0.2, -0.15) is 0 Å². The van der Waals surface area contributed by atoms with Crippen LogP contribution in [0.3, 0.4) is 0 Å². The fourth-order valence-corrected chi connectivity index (χ4v) is 5.93. The largest absolute Gasteiger partial charge is 0.349 e. The summed E-state index contributed by atoms with van der Waals surface area (Å²) in [6.07, 6.45) is 6.34. The molecule has 1 saturated heterocycles. The van der Waals surface area contributed by atoms with Crippen molar-refractivity contribution in [1.29, 1.82) is 0 Å². The summed E-state index contributed by atoms with van der Waals surface area (Å²) in [5.41, 5.74) is 5.11. The number of benzene rings is 2. The number of aromatic nitrogens is 1. The maximum atomic E-state index is 13.2. The van der Waals surface area contributed by atoms with Crippen molar-refractivity contribution < 1.29 is 4.79 Å². The van der Waals surface area contributed by atoms with Crippen LogP contribution in [0.1, 0.15) is 55.3 Å². The Bertz CT molecular complexity index is 1060. The van der Waals surface area contributed by atoms with E-state index in [0.29, 0.717) is 0 Å². The minimum atomic E-state index is 0.0334. The molecule has 1 N–H and O–H groups in total. The van der Waals surface area contributed by atoms with Crippen molar-refractivity contribution >= 4 is 32.6 Å². The molecule has 1 amide bonds. The van der Waals surface area contributed by atoms with Crippen molar-refractivity contribution in [3.05, 3.63) is 59.2 Å². The minimum Gasteiger partial charge on any atom is -0.349 e. The summed E-state index contributed by atoms with van der Waals surface area (Å²) in [4.78, 5) is 20.3. The van der Waals surface area contributed by atoms with Gasteiger partial charge in [0.25, 0.3) is 0 Å². The van der Waals surface area contributed by atoms with E-state index in [0.717, 1.165) is 62.3 Å². The van der Waals surface area contributed by atoms with E-state index < -0.39 is 0 Å². The van der Waals surface area contributed by atoms with Gasteiger partial charge in [-0.05, 0) is 67.3 Å². The summed E-state index contributed by atoms with van der Waals surface area (Å²) < 4.78 is 1.25. The topological polar surface area (TPSA) is 45.2 Å². The first-order valence-corrected chi connectivity index (χ1v) is 12.1. The first-order valence-electron chi connectivity index (χ1n) is 11.2. The number of hydrogen-bond acceptors (Lipinski definition) is 4. The second kappa shape index (κ2) is 8.38. The van der Waals surface area contributed by atoms with Crippen LogP contribution >= 0.6 is 11.3 Å². The molecular formula is C25H29N3OS. The summed E-state index contributed by atoms with van der Waals surface area (Å²) in [6, 6.07) is 15.3. The number of anilines is 1. The normalized spacial score (nSPS) is 21.4. The minimum absolute atomic E-state index is 0.0334. The van der Waals surface area contributed by atoms with Crippen LogP contribution in [0, 0.1) is 5.92 Å². The Morgan fingerprint density at radius 2 is 2.10 bits per heavy atom. The predicted molar refractivity (Wildman–Crippen MR) is 124 cm³/mol. The lowest BCUT2D eigenvalue weighted by atomic mass is 9.87. The molecule has 156 valence electrons. The molecule has 0 bridgehead atoms. The van der Waals surface area contributed by atoms with E-state index in [-0.39, 0.29) is 17.9 Å². The molecule has 1 aliphatic carbocycles. The predicted octanol–water partition coefficient (Wildman–Crippen LogP) is 5.27. The number of aryl methyl sites for hydroxylation is 2. The molecule has 0 saturated carbocycles. The van der Waals surface area contributed by atoms with Crippen molar-refractivity contribution in [2.45, 2.75) is 51.5 Å². The number of hydrogen-bond donors (Lipinski definition) is 1. The van der Waals surface area contributed by atoms with E-state index >= 15 is 0 Å². The number of piperidine rings is 1. The fourth-order valence-electron chi connectivity index (χ4n) is 4.87. The zero-order valence-electron chi connectivity index (χ0n) is 17.6. The lowest BCUT2D eigenvalue weighted by Gasteiger charge is -2.33. The molecule has 0 unspecified atom stereocenters. The third-order valence-corrected chi connectivity index (χ3v) is 7.68. The van der Waals surface area contributed by atoms with Gasteiger partial charge in [-0.3, -0.25) is 4.79 Å². The summed E-state index contributed by atoms with van der Waals surface area (Å²) in [7, 11) is 0. The molecule has 0 spiro atoms. The second-order valence-corrected chi connectivity index (χ2v) is 9.60. The number of carbonyl (C=O) groups excluding carboxylic acids is 1. The smallest absolute Gasteiger partial charge is 0.225 e. The lowest BCUT2D eigenvalue weighted by molar-refractivity contribution is -0.126. The van der Waals surface area contributed by atoms with Gasteiger partial charge in [0, 0.05) is 13.1 Å². The van der Waals surface area contributed by atoms with Crippen molar-refractivity contribution in [2.75, 3.05) is 18.0 Å². The standard InChI is InChI=1S/C25H29N3OS/c1-2-17-12-13-22-23(15-17)30-25(27-22)28-14-6-9-19(16-28)24(29)26-21-11-5-8-18-7-3-4-10-20(18)21/h3-4,7,10,12-13,15,19,21H,2,5-6,8-9,11,14,16H2,1H3,(H,26,29)/t19-,21-/m1/s1.